The number of rotatable bonds is 7. The number of hydrogen-bond donors (Lipinski definition) is 2. The quantitative estimate of drug-likeness (QED) is 0.759. The van der Waals surface area contributed by atoms with Gasteiger partial charge in [0.25, 0.3) is 5.91 Å². The van der Waals surface area contributed by atoms with Gasteiger partial charge in [0.15, 0.2) is 10.9 Å². The molecule has 0 radical (unpaired) electrons. The minimum Gasteiger partial charge on any atom is -0.455 e. The lowest BCUT2D eigenvalue weighted by Crippen LogP contribution is -2.24. The smallest absolute Gasteiger partial charge is 0.286 e. The van der Waals surface area contributed by atoms with E-state index in [0.717, 1.165) is 43.9 Å². The molecule has 1 aliphatic rings. The number of nitrogens with zero attached hydrogens (tertiary/aromatic N) is 2. The van der Waals surface area contributed by atoms with Crippen LogP contribution in [0.1, 0.15) is 41.3 Å². The molecular formula is C16H22N4O2S. The van der Waals surface area contributed by atoms with Crippen LogP contribution in [-0.2, 0) is 13.0 Å². The Morgan fingerprint density at radius 2 is 2.22 bits per heavy atom. The topological polar surface area (TPSA) is 84.4 Å². The first kappa shape index (κ1) is 16.0. The molecule has 7 heteroatoms. The predicted molar refractivity (Wildman–Crippen MR) is 90.4 cm³/mol. The number of anilines is 1. The molecule has 0 bridgehead atoms. The van der Waals surface area contributed by atoms with Crippen LogP contribution in [0.15, 0.2) is 21.9 Å². The fraction of sp³-hybridized carbons (Fsp3) is 0.500. The first-order chi connectivity index (χ1) is 11.2. The largest absolute Gasteiger partial charge is 0.455 e. The summed E-state index contributed by atoms with van der Waals surface area (Å²) in [6.07, 6.45) is 4.14. The summed E-state index contributed by atoms with van der Waals surface area (Å²) in [4.78, 5) is 18.6. The molecule has 0 aliphatic carbocycles. The van der Waals surface area contributed by atoms with E-state index in [1.165, 1.54) is 24.2 Å². The van der Waals surface area contributed by atoms with E-state index in [1.807, 2.05) is 11.4 Å². The highest BCUT2D eigenvalue weighted by atomic mass is 32.1. The summed E-state index contributed by atoms with van der Waals surface area (Å²) in [6, 6.07) is 3.65. The van der Waals surface area contributed by atoms with E-state index >= 15 is 0 Å². The van der Waals surface area contributed by atoms with Crippen molar-refractivity contribution in [1.29, 1.82) is 0 Å². The molecule has 0 unspecified atom stereocenters. The Bertz CT molecular complexity index is 646. The van der Waals surface area contributed by atoms with E-state index < -0.39 is 0 Å². The first-order valence-electron chi connectivity index (χ1n) is 8.00. The molecule has 6 nitrogen and oxygen atoms in total. The lowest BCUT2D eigenvalue weighted by molar-refractivity contribution is 0.0922. The highest BCUT2D eigenvalue weighted by Gasteiger charge is 2.15. The van der Waals surface area contributed by atoms with Crippen LogP contribution in [0.2, 0.25) is 0 Å². The van der Waals surface area contributed by atoms with Gasteiger partial charge in [-0.1, -0.05) is 0 Å². The number of amides is 1. The van der Waals surface area contributed by atoms with Gasteiger partial charge in [0.2, 0.25) is 0 Å². The summed E-state index contributed by atoms with van der Waals surface area (Å²) in [5.41, 5.74) is 6.57. The van der Waals surface area contributed by atoms with Crippen molar-refractivity contribution in [2.24, 2.45) is 0 Å². The van der Waals surface area contributed by atoms with Gasteiger partial charge >= 0.3 is 0 Å². The van der Waals surface area contributed by atoms with Gasteiger partial charge in [0, 0.05) is 11.9 Å². The Balaban J connectivity index is 1.40. The molecule has 3 heterocycles. The molecule has 3 N–H and O–H groups in total. The molecule has 2 aromatic heterocycles. The standard InChI is InChI=1S/C16H22N4O2S/c17-16-19-12(11-23-16)4-3-7-18-15(21)14-6-5-13(22-14)10-20-8-1-2-9-20/h5-6,11H,1-4,7-10H2,(H2,17,19)(H,18,21). The highest BCUT2D eigenvalue weighted by molar-refractivity contribution is 7.13. The molecule has 23 heavy (non-hydrogen) atoms. The molecule has 3 rings (SSSR count). The molecule has 0 saturated carbocycles. The summed E-state index contributed by atoms with van der Waals surface area (Å²) >= 11 is 1.44. The molecule has 1 amide bonds. The molecule has 0 aromatic carbocycles. The first-order valence-corrected chi connectivity index (χ1v) is 8.88. The van der Waals surface area contributed by atoms with Gasteiger partial charge in [-0.2, -0.15) is 0 Å². The average Bonchev–Trinajstić information content (AvgIpc) is 3.26. The molecule has 0 spiro atoms. The summed E-state index contributed by atoms with van der Waals surface area (Å²) in [5.74, 6) is 1.09. The van der Waals surface area contributed by atoms with Gasteiger partial charge in [0.05, 0.1) is 12.2 Å². The maximum atomic E-state index is 12.1. The maximum Gasteiger partial charge on any atom is 0.286 e. The molecule has 0 atom stereocenters. The molecule has 124 valence electrons. The van der Waals surface area contributed by atoms with Crippen LogP contribution in [-0.4, -0.2) is 35.4 Å². The minimum atomic E-state index is -0.157. The number of aryl methyl sites for hydroxylation is 1. The Morgan fingerprint density at radius 1 is 1.39 bits per heavy atom. The number of nitrogen functional groups attached to an aromatic ring is 1. The number of aromatic nitrogens is 1. The van der Waals surface area contributed by atoms with Crippen LogP contribution in [0.5, 0.6) is 0 Å². The van der Waals surface area contributed by atoms with Crippen LogP contribution in [0.25, 0.3) is 0 Å². The molecule has 2 aromatic rings. The number of nitrogens with two attached hydrogens (primary N) is 1. The number of carbonyl (C=O) groups excluding carboxylic acids is 1. The van der Waals surface area contributed by atoms with E-state index in [9.17, 15) is 4.79 Å². The van der Waals surface area contributed by atoms with E-state index in [4.69, 9.17) is 10.2 Å². The third-order valence-electron chi connectivity index (χ3n) is 3.93. The average molecular weight is 334 g/mol. The minimum absolute atomic E-state index is 0.157. The second-order valence-corrected chi connectivity index (χ2v) is 6.68. The van der Waals surface area contributed by atoms with Crippen molar-refractivity contribution in [1.82, 2.24) is 15.2 Å². The van der Waals surface area contributed by atoms with Crippen molar-refractivity contribution >= 4 is 22.4 Å². The van der Waals surface area contributed by atoms with Gasteiger partial charge < -0.3 is 15.5 Å². The number of thiazole rings is 1. The fourth-order valence-electron chi connectivity index (χ4n) is 2.74. The van der Waals surface area contributed by atoms with E-state index in [0.29, 0.717) is 17.4 Å². The van der Waals surface area contributed by atoms with Crippen molar-refractivity contribution in [3.63, 3.8) is 0 Å². The van der Waals surface area contributed by atoms with Gasteiger partial charge in [-0.15, -0.1) is 11.3 Å². The van der Waals surface area contributed by atoms with Gasteiger partial charge in [-0.25, -0.2) is 4.98 Å². The Kier molecular flexibility index (Phi) is 5.30. The maximum absolute atomic E-state index is 12.1. The van der Waals surface area contributed by atoms with Crippen LogP contribution < -0.4 is 11.1 Å². The van der Waals surface area contributed by atoms with Crippen LogP contribution in [0, 0.1) is 0 Å². The highest BCUT2D eigenvalue weighted by Crippen LogP contribution is 2.15. The normalized spacial score (nSPS) is 15.1. The van der Waals surface area contributed by atoms with Crippen molar-refractivity contribution in [3.8, 4) is 0 Å². The van der Waals surface area contributed by atoms with Crippen molar-refractivity contribution in [2.45, 2.75) is 32.2 Å². The molecule has 1 fully saturated rings. The Morgan fingerprint density at radius 3 is 2.96 bits per heavy atom. The van der Waals surface area contributed by atoms with Crippen molar-refractivity contribution < 1.29 is 9.21 Å². The van der Waals surface area contributed by atoms with Crippen LogP contribution in [0.3, 0.4) is 0 Å². The van der Waals surface area contributed by atoms with Crippen LogP contribution in [0.4, 0.5) is 5.13 Å². The lowest BCUT2D eigenvalue weighted by atomic mass is 10.2. The van der Waals surface area contributed by atoms with E-state index in [-0.39, 0.29) is 5.91 Å². The third kappa shape index (κ3) is 4.56. The fourth-order valence-corrected chi connectivity index (χ4v) is 3.34. The number of hydrogen-bond acceptors (Lipinski definition) is 6. The number of carbonyl (C=O) groups is 1. The van der Waals surface area contributed by atoms with Crippen molar-refractivity contribution in [3.05, 3.63) is 34.7 Å². The number of likely N-dealkylation sites (tertiary alicyclic amines) is 1. The van der Waals surface area contributed by atoms with Crippen LogP contribution >= 0.6 is 11.3 Å². The lowest BCUT2D eigenvalue weighted by Gasteiger charge is -2.11. The summed E-state index contributed by atoms with van der Waals surface area (Å²) < 4.78 is 5.65. The van der Waals surface area contributed by atoms with E-state index in [2.05, 4.69) is 15.2 Å². The molecular weight excluding hydrogens is 312 g/mol. The zero-order chi connectivity index (χ0) is 16.1. The Hall–Kier alpha value is -1.86. The Labute approximate surface area is 139 Å². The molecule has 1 aliphatic heterocycles. The SMILES string of the molecule is Nc1nc(CCCNC(=O)c2ccc(CN3CCCC3)o2)cs1. The van der Waals surface area contributed by atoms with E-state index in [1.54, 1.807) is 6.07 Å². The summed E-state index contributed by atoms with van der Waals surface area (Å²) in [5, 5.41) is 5.42. The molecule has 1 saturated heterocycles. The van der Waals surface area contributed by atoms with Gasteiger partial charge in [0.1, 0.15) is 5.76 Å². The van der Waals surface area contributed by atoms with Gasteiger partial charge in [-0.05, 0) is 50.9 Å². The van der Waals surface area contributed by atoms with Crippen molar-refractivity contribution in [2.75, 3.05) is 25.4 Å². The summed E-state index contributed by atoms with van der Waals surface area (Å²) in [6.45, 7) is 3.61. The monoisotopic (exact) mass is 334 g/mol. The number of nitrogens with one attached hydrogen (secondary N) is 1. The summed E-state index contributed by atoms with van der Waals surface area (Å²) in [7, 11) is 0. The zero-order valence-electron chi connectivity index (χ0n) is 13.1. The third-order valence-corrected chi connectivity index (χ3v) is 4.65. The zero-order valence-corrected chi connectivity index (χ0v) is 13.9. The van der Waals surface area contributed by atoms with Gasteiger partial charge in [-0.3, -0.25) is 9.69 Å². The second kappa shape index (κ2) is 7.61. The second-order valence-electron chi connectivity index (χ2n) is 5.79. The predicted octanol–water partition coefficient (Wildman–Crippen LogP) is 2.28. The number of furan rings is 1.